The highest BCUT2D eigenvalue weighted by molar-refractivity contribution is 5.61. The van der Waals surface area contributed by atoms with E-state index in [1.54, 1.807) is 7.11 Å². The van der Waals surface area contributed by atoms with Gasteiger partial charge in [0.25, 0.3) is 0 Å². The van der Waals surface area contributed by atoms with E-state index in [9.17, 15) is 5.11 Å². The minimum atomic E-state index is -0.0728. The van der Waals surface area contributed by atoms with Gasteiger partial charge in [-0.15, -0.1) is 0 Å². The van der Waals surface area contributed by atoms with Crippen LogP contribution in [-0.4, -0.2) is 72.5 Å². The van der Waals surface area contributed by atoms with E-state index < -0.39 is 0 Å². The van der Waals surface area contributed by atoms with Crippen molar-refractivity contribution in [3.63, 3.8) is 0 Å². The van der Waals surface area contributed by atoms with Gasteiger partial charge in [-0.3, -0.25) is 9.80 Å². The summed E-state index contributed by atoms with van der Waals surface area (Å²) < 4.78 is 13.1. The molecule has 5 aliphatic rings. The van der Waals surface area contributed by atoms with Crippen LogP contribution in [0.2, 0.25) is 0 Å². The second kappa shape index (κ2) is 12.1. The van der Waals surface area contributed by atoms with Crippen molar-refractivity contribution >= 4 is 0 Å². The molecule has 1 N–H and O–H groups in total. The highest BCUT2D eigenvalue weighted by Crippen LogP contribution is 2.64. The number of aliphatic hydroxyl groups is 1. The number of hydrogen-bond acceptors (Lipinski definition) is 5. The van der Waals surface area contributed by atoms with Crippen LogP contribution in [-0.2, 0) is 18.3 Å². The van der Waals surface area contributed by atoms with Crippen molar-refractivity contribution in [2.24, 2.45) is 11.8 Å². The first kappa shape index (κ1) is 28.7. The molecule has 2 heterocycles. The van der Waals surface area contributed by atoms with Gasteiger partial charge in [0.1, 0.15) is 6.10 Å². The second-order valence-corrected chi connectivity index (χ2v) is 14.1. The minimum absolute atomic E-state index is 0.0728. The molecule has 0 aromatic heterocycles. The molecule has 0 amide bonds. The standard InChI is InChI=1S/C37H52N2O3/c1-3-4-20-38(21-11-6-5-8-12-26-13-9-7-10-14-26)30-17-16-29-31-23-27-15-18-33(41-2)35-34(27)37(29,36(30)42-35)19-22-39(31)25-28-24-32(28)40/h7,9-10,13-15,18,28-32,36,40H,3-6,8,11-12,16-17,19-25H2,1-2H3/t28?,29-,30-,31+,32?,36-,37-/m0/s1. The summed E-state index contributed by atoms with van der Waals surface area (Å²) in [6, 6.07) is 16.5. The van der Waals surface area contributed by atoms with Gasteiger partial charge >= 0.3 is 0 Å². The lowest BCUT2D eigenvalue weighted by atomic mass is 9.51. The van der Waals surface area contributed by atoms with E-state index in [4.69, 9.17) is 9.47 Å². The number of ether oxygens (including phenoxy) is 2. The zero-order valence-corrected chi connectivity index (χ0v) is 26.0. The topological polar surface area (TPSA) is 45.2 Å². The van der Waals surface area contributed by atoms with Crippen LogP contribution in [0, 0.1) is 11.8 Å². The number of nitrogens with zero attached hydrogens (tertiary/aromatic N) is 2. The molecule has 7 atom stereocenters. The fourth-order valence-corrected chi connectivity index (χ4v) is 9.52. The fourth-order valence-electron chi connectivity index (χ4n) is 9.52. The van der Waals surface area contributed by atoms with Gasteiger partial charge in [-0.1, -0.05) is 62.6 Å². The van der Waals surface area contributed by atoms with Crippen molar-refractivity contribution in [2.75, 3.05) is 33.3 Å². The maximum absolute atomic E-state index is 10.2. The lowest BCUT2D eigenvalue weighted by Gasteiger charge is -2.60. The number of rotatable bonds is 14. The molecule has 3 aliphatic carbocycles. The maximum Gasteiger partial charge on any atom is 0.165 e. The third-order valence-corrected chi connectivity index (χ3v) is 11.7. The zero-order chi connectivity index (χ0) is 28.7. The lowest BCUT2D eigenvalue weighted by molar-refractivity contribution is -0.0901. The van der Waals surface area contributed by atoms with E-state index in [-0.39, 0.29) is 17.6 Å². The first-order chi connectivity index (χ1) is 20.6. The number of benzene rings is 2. The molecule has 2 bridgehead atoms. The normalized spacial score (nSPS) is 32.5. The van der Waals surface area contributed by atoms with Crippen molar-refractivity contribution in [3.05, 3.63) is 59.2 Å². The summed E-state index contributed by atoms with van der Waals surface area (Å²) in [6.07, 6.45) is 14.8. The van der Waals surface area contributed by atoms with E-state index in [2.05, 4.69) is 59.2 Å². The molecule has 3 fully saturated rings. The number of hydrogen-bond donors (Lipinski definition) is 1. The molecule has 0 radical (unpaired) electrons. The fraction of sp³-hybridized carbons (Fsp3) is 0.676. The molecule has 42 heavy (non-hydrogen) atoms. The number of aliphatic hydroxyl groups excluding tert-OH is 1. The van der Waals surface area contributed by atoms with Gasteiger partial charge in [0.05, 0.1) is 13.2 Å². The molecule has 2 aromatic carbocycles. The Morgan fingerprint density at radius 1 is 1.02 bits per heavy atom. The van der Waals surface area contributed by atoms with Crippen LogP contribution in [0.3, 0.4) is 0 Å². The molecule has 1 saturated heterocycles. The third kappa shape index (κ3) is 5.08. The Morgan fingerprint density at radius 2 is 1.83 bits per heavy atom. The van der Waals surface area contributed by atoms with Crippen LogP contribution in [0.1, 0.15) is 87.8 Å². The van der Waals surface area contributed by atoms with Crippen LogP contribution >= 0.6 is 0 Å². The SMILES string of the molecule is CCCCN(CCCCCCc1ccccc1)[C@H]1CC[C@H]2[C@H]3Cc4ccc(OC)c5c4[C@@]2(CCN3CC2CC2O)[C@H]1O5. The smallest absolute Gasteiger partial charge is 0.165 e. The summed E-state index contributed by atoms with van der Waals surface area (Å²) in [5, 5.41) is 10.2. The van der Waals surface area contributed by atoms with Gasteiger partial charge in [0.2, 0.25) is 0 Å². The number of unbranched alkanes of at least 4 members (excludes halogenated alkanes) is 4. The van der Waals surface area contributed by atoms with Crippen LogP contribution in [0.25, 0.3) is 0 Å². The van der Waals surface area contributed by atoms with Gasteiger partial charge in [0.15, 0.2) is 11.5 Å². The van der Waals surface area contributed by atoms with Gasteiger partial charge in [-0.2, -0.15) is 0 Å². The van der Waals surface area contributed by atoms with Crippen molar-refractivity contribution in [1.82, 2.24) is 9.80 Å². The quantitative estimate of drug-likeness (QED) is 0.266. The summed E-state index contributed by atoms with van der Waals surface area (Å²) in [5.74, 6) is 3.11. The lowest BCUT2D eigenvalue weighted by Crippen LogP contribution is -2.69. The average Bonchev–Trinajstić information content (AvgIpc) is 3.60. The van der Waals surface area contributed by atoms with Gasteiger partial charge in [0, 0.05) is 35.5 Å². The molecule has 5 heteroatoms. The summed E-state index contributed by atoms with van der Waals surface area (Å²) in [5.41, 5.74) is 4.58. The average molecular weight is 573 g/mol. The van der Waals surface area contributed by atoms with Crippen LogP contribution in [0.5, 0.6) is 11.5 Å². The van der Waals surface area contributed by atoms with Gasteiger partial charge < -0.3 is 14.6 Å². The predicted molar refractivity (Wildman–Crippen MR) is 168 cm³/mol. The molecule has 5 nitrogen and oxygen atoms in total. The van der Waals surface area contributed by atoms with E-state index in [0.717, 1.165) is 37.4 Å². The Balaban J connectivity index is 1.09. The monoisotopic (exact) mass is 572 g/mol. The first-order valence-corrected chi connectivity index (χ1v) is 17.2. The highest BCUT2D eigenvalue weighted by atomic mass is 16.5. The Hall–Kier alpha value is -2.08. The summed E-state index contributed by atoms with van der Waals surface area (Å²) in [4.78, 5) is 5.62. The molecule has 2 unspecified atom stereocenters. The molecular formula is C37H52N2O3. The summed E-state index contributed by atoms with van der Waals surface area (Å²) in [7, 11) is 1.80. The molecule has 2 aliphatic heterocycles. The molecule has 228 valence electrons. The van der Waals surface area contributed by atoms with E-state index in [0.29, 0.717) is 23.9 Å². The van der Waals surface area contributed by atoms with Crippen LogP contribution in [0.4, 0.5) is 0 Å². The summed E-state index contributed by atoms with van der Waals surface area (Å²) >= 11 is 0. The largest absolute Gasteiger partial charge is 0.493 e. The number of methoxy groups -OCH3 is 1. The Morgan fingerprint density at radius 3 is 2.62 bits per heavy atom. The molecule has 1 spiro atoms. The van der Waals surface area contributed by atoms with Gasteiger partial charge in [-0.25, -0.2) is 0 Å². The van der Waals surface area contributed by atoms with Crippen molar-refractivity contribution in [3.8, 4) is 11.5 Å². The number of likely N-dealkylation sites (tertiary alicyclic amines) is 1. The van der Waals surface area contributed by atoms with Crippen molar-refractivity contribution in [1.29, 1.82) is 0 Å². The molecular weight excluding hydrogens is 520 g/mol. The zero-order valence-electron chi connectivity index (χ0n) is 26.0. The van der Waals surface area contributed by atoms with Crippen LogP contribution < -0.4 is 9.47 Å². The van der Waals surface area contributed by atoms with Crippen molar-refractivity contribution < 1.29 is 14.6 Å². The maximum atomic E-state index is 10.2. The van der Waals surface area contributed by atoms with Crippen molar-refractivity contribution in [2.45, 2.75) is 114 Å². The van der Waals surface area contributed by atoms with E-state index in [1.807, 2.05) is 0 Å². The Kier molecular flexibility index (Phi) is 8.28. The number of aryl methyl sites for hydroxylation is 1. The highest BCUT2D eigenvalue weighted by Gasteiger charge is 2.66. The van der Waals surface area contributed by atoms with E-state index >= 15 is 0 Å². The molecule has 2 saturated carbocycles. The Bertz CT molecular complexity index is 1220. The second-order valence-electron chi connectivity index (χ2n) is 14.1. The molecule has 7 rings (SSSR count). The third-order valence-electron chi connectivity index (χ3n) is 11.7. The van der Waals surface area contributed by atoms with E-state index in [1.165, 1.54) is 94.0 Å². The number of piperidine rings is 1. The van der Waals surface area contributed by atoms with Gasteiger partial charge in [-0.05, 0) is 101 Å². The molecule has 2 aromatic rings. The Labute approximate surface area is 253 Å². The van der Waals surface area contributed by atoms with Crippen LogP contribution in [0.15, 0.2) is 42.5 Å². The minimum Gasteiger partial charge on any atom is -0.493 e. The summed E-state index contributed by atoms with van der Waals surface area (Å²) in [6.45, 7) is 6.89. The first-order valence-electron chi connectivity index (χ1n) is 17.2. The predicted octanol–water partition coefficient (Wildman–Crippen LogP) is 6.39.